The largest absolute Gasteiger partial charge is 0.423 e. The van der Waals surface area contributed by atoms with E-state index < -0.39 is 6.04 Å². The molecule has 0 aliphatic carbocycles. The van der Waals surface area contributed by atoms with Gasteiger partial charge in [-0.3, -0.25) is 9.59 Å². The molecule has 7 nitrogen and oxygen atoms in total. The van der Waals surface area contributed by atoms with Crippen molar-refractivity contribution in [1.29, 1.82) is 0 Å². The fourth-order valence-electron chi connectivity index (χ4n) is 1.74. The standard InChI is InChI=1S/C14H16N4O3/c1-3-15-12(19)9(2)17-13(20)10-4-6-11(7-5-10)14-18-16-8-21-14/h4-9H,3H2,1-2H3,(H,15,19)(H,17,20)/t9-/m1/s1. The number of nitrogens with zero attached hydrogens (tertiary/aromatic N) is 2. The van der Waals surface area contributed by atoms with E-state index in [4.69, 9.17) is 4.42 Å². The monoisotopic (exact) mass is 288 g/mol. The second kappa shape index (κ2) is 6.65. The first kappa shape index (κ1) is 14.7. The van der Waals surface area contributed by atoms with Crippen LogP contribution in [0, 0.1) is 0 Å². The van der Waals surface area contributed by atoms with Gasteiger partial charge in [0, 0.05) is 17.7 Å². The number of hydrogen-bond donors (Lipinski definition) is 2. The Kier molecular flexibility index (Phi) is 4.65. The minimum absolute atomic E-state index is 0.215. The molecule has 2 aromatic rings. The van der Waals surface area contributed by atoms with Crippen LogP contribution in [0.2, 0.25) is 0 Å². The van der Waals surface area contributed by atoms with Crippen molar-refractivity contribution in [2.45, 2.75) is 19.9 Å². The molecule has 21 heavy (non-hydrogen) atoms. The summed E-state index contributed by atoms with van der Waals surface area (Å²) in [7, 11) is 0. The van der Waals surface area contributed by atoms with Gasteiger partial charge in [-0.25, -0.2) is 0 Å². The van der Waals surface area contributed by atoms with Crippen LogP contribution in [0.5, 0.6) is 0 Å². The summed E-state index contributed by atoms with van der Waals surface area (Å²) in [5.41, 5.74) is 1.18. The summed E-state index contributed by atoms with van der Waals surface area (Å²) in [6.45, 7) is 3.98. The summed E-state index contributed by atoms with van der Waals surface area (Å²) < 4.78 is 5.07. The fraction of sp³-hybridized carbons (Fsp3) is 0.286. The van der Waals surface area contributed by atoms with E-state index in [9.17, 15) is 9.59 Å². The predicted molar refractivity (Wildman–Crippen MR) is 75.3 cm³/mol. The van der Waals surface area contributed by atoms with E-state index in [0.717, 1.165) is 5.56 Å². The number of rotatable bonds is 5. The molecule has 0 spiro atoms. The first-order chi connectivity index (χ1) is 10.1. The molecule has 0 aliphatic rings. The molecular weight excluding hydrogens is 272 g/mol. The Morgan fingerprint density at radius 3 is 2.57 bits per heavy atom. The van der Waals surface area contributed by atoms with Crippen molar-refractivity contribution in [1.82, 2.24) is 20.8 Å². The summed E-state index contributed by atoms with van der Waals surface area (Å²) in [5.74, 6) is -0.142. The Bertz CT molecular complexity index is 608. The van der Waals surface area contributed by atoms with Crippen LogP contribution in [-0.2, 0) is 4.79 Å². The Morgan fingerprint density at radius 2 is 2.00 bits per heavy atom. The van der Waals surface area contributed by atoms with Crippen LogP contribution < -0.4 is 10.6 Å². The highest BCUT2D eigenvalue weighted by atomic mass is 16.4. The van der Waals surface area contributed by atoms with Crippen LogP contribution in [0.25, 0.3) is 11.5 Å². The molecular formula is C14H16N4O3. The van der Waals surface area contributed by atoms with Gasteiger partial charge in [0.25, 0.3) is 5.91 Å². The quantitative estimate of drug-likeness (QED) is 0.855. The molecule has 0 aliphatic heterocycles. The maximum Gasteiger partial charge on any atom is 0.251 e. The van der Waals surface area contributed by atoms with Crippen LogP contribution in [0.15, 0.2) is 35.1 Å². The van der Waals surface area contributed by atoms with E-state index in [2.05, 4.69) is 20.8 Å². The topological polar surface area (TPSA) is 97.1 Å². The van der Waals surface area contributed by atoms with Crippen molar-refractivity contribution in [3.05, 3.63) is 36.2 Å². The minimum Gasteiger partial charge on any atom is -0.423 e. The third kappa shape index (κ3) is 3.65. The van der Waals surface area contributed by atoms with Crippen molar-refractivity contribution in [3.63, 3.8) is 0 Å². The van der Waals surface area contributed by atoms with Gasteiger partial charge >= 0.3 is 0 Å². The van der Waals surface area contributed by atoms with Gasteiger partial charge in [0.2, 0.25) is 18.2 Å². The first-order valence-corrected chi connectivity index (χ1v) is 6.57. The molecule has 0 saturated heterocycles. The van der Waals surface area contributed by atoms with Crippen molar-refractivity contribution in [2.24, 2.45) is 0 Å². The van der Waals surface area contributed by atoms with Crippen molar-refractivity contribution in [2.75, 3.05) is 6.54 Å². The van der Waals surface area contributed by atoms with Gasteiger partial charge in [0.05, 0.1) is 0 Å². The fourth-order valence-corrected chi connectivity index (χ4v) is 1.74. The van der Waals surface area contributed by atoms with E-state index in [1.54, 1.807) is 31.2 Å². The summed E-state index contributed by atoms with van der Waals surface area (Å²) in [5, 5.41) is 12.7. The van der Waals surface area contributed by atoms with Gasteiger partial charge in [-0.1, -0.05) is 0 Å². The van der Waals surface area contributed by atoms with Crippen molar-refractivity contribution >= 4 is 11.8 Å². The second-order valence-electron chi connectivity index (χ2n) is 4.41. The van der Waals surface area contributed by atoms with E-state index >= 15 is 0 Å². The average molecular weight is 288 g/mol. The van der Waals surface area contributed by atoms with Gasteiger partial charge in [-0.15, -0.1) is 10.2 Å². The zero-order valence-electron chi connectivity index (χ0n) is 11.8. The first-order valence-electron chi connectivity index (χ1n) is 6.57. The summed E-state index contributed by atoms with van der Waals surface area (Å²) in [4.78, 5) is 23.6. The summed E-state index contributed by atoms with van der Waals surface area (Å²) in [6.07, 6.45) is 1.24. The molecule has 0 bridgehead atoms. The number of likely N-dealkylation sites (N-methyl/N-ethyl adjacent to an activating group) is 1. The van der Waals surface area contributed by atoms with Crippen molar-refractivity contribution < 1.29 is 14.0 Å². The zero-order valence-corrected chi connectivity index (χ0v) is 11.8. The molecule has 0 saturated carbocycles. The number of carbonyl (C=O) groups is 2. The maximum absolute atomic E-state index is 12.0. The Morgan fingerprint density at radius 1 is 1.29 bits per heavy atom. The third-order valence-electron chi connectivity index (χ3n) is 2.85. The average Bonchev–Trinajstić information content (AvgIpc) is 3.01. The SMILES string of the molecule is CCNC(=O)[C@@H](C)NC(=O)c1ccc(-c2nnco2)cc1. The van der Waals surface area contributed by atoms with Crippen LogP contribution in [-0.4, -0.2) is 34.6 Å². The van der Waals surface area contributed by atoms with E-state index in [-0.39, 0.29) is 11.8 Å². The highest BCUT2D eigenvalue weighted by Crippen LogP contribution is 2.16. The Hall–Kier alpha value is -2.70. The molecule has 1 aromatic carbocycles. The Labute approximate surface area is 121 Å². The molecule has 1 aromatic heterocycles. The minimum atomic E-state index is -0.590. The number of benzene rings is 1. The van der Waals surface area contributed by atoms with Gasteiger partial charge < -0.3 is 15.1 Å². The van der Waals surface area contributed by atoms with E-state index in [0.29, 0.717) is 18.0 Å². The van der Waals surface area contributed by atoms with Crippen LogP contribution in [0.1, 0.15) is 24.2 Å². The highest BCUT2D eigenvalue weighted by molar-refractivity contribution is 5.97. The smallest absolute Gasteiger partial charge is 0.251 e. The second-order valence-corrected chi connectivity index (χ2v) is 4.41. The highest BCUT2D eigenvalue weighted by Gasteiger charge is 2.16. The molecule has 1 heterocycles. The van der Waals surface area contributed by atoms with Crippen LogP contribution in [0.3, 0.4) is 0 Å². The lowest BCUT2D eigenvalue weighted by Gasteiger charge is -2.13. The number of carbonyl (C=O) groups excluding carboxylic acids is 2. The molecule has 0 fully saturated rings. The molecule has 0 radical (unpaired) electrons. The summed E-state index contributed by atoms with van der Waals surface area (Å²) in [6, 6.07) is 6.10. The van der Waals surface area contributed by atoms with Crippen molar-refractivity contribution in [3.8, 4) is 11.5 Å². The van der Waals surface area contributed by atoms with E-state index in [1.807, 2.05) is 6.92 Å². The number of aromatic nitrogens is 2. The van der Waals surface area contributed by atoms with E-state index in [1.165, 1.54) is 6.39 Å². The molecule has 0 unspecified atom stereocenters. The molecule has 2 amide bonds. The Balaban J connectivity index is 2.02. The lowest BCUT2D eigenvalue weighted by molar-refractivity contribution is -0.122. The molecule has 2 rings (SSSR count). The molecule has 110 valence electrons. The molecule has 1 atom stereocenters. The number of hydrogen-bond acceptors (Lipinski definition) is 5. The van der Waals surface area contributed by atoms with Gasteiger partial charge in [0.15, 0.2) is 0 Å². The van der Waals surface area contributed by atoms with Gasteiger partial charge in [-0.2, -0.15) is 0 Å². The van der Waals surface area contributed by atoms with Gasteiger partial charge in [0.1, 0.15) is 6.04 Å². The molecule has 7 heteroatoms. The third-order valence-corrected chi connectivity index (χ3v) is 2.85. The van der Waals surface area contributed by atoms with Crippen LogP contribution >= 0.6 is 0 Å². The lowest BCUT2D eigenvalue weighted by atomic mass is 10.1. The number of nitrogens with one attached hydrogen (secondary N) is 2. The van der Waals surface area contributed by atoms with Crippen LogP contribution in [0.4, 0.5) is 0 Å². The molecule has 2 N–H and O–H groups in total. The number of amides is 2. The lowest BCUT2D eigenvalue weighted by Crippen LogP contribution is -2.44. The maximum atomic E-state index is 12.0. The predicted octanol–water partition coefficient (Wildman–Crippen LogP) is 0.991. The summed E-state index contributed by atoms with van der Waals surface area (Å²) >= 11 is 0. The normalized spacial score (nSPS) is 11.7. The van der Waals surface area contributed by atoms with Gasteiger partial charge in [-0.05, 0) is 38.1 Å². The zero-order chi connectivity index (χ0) is 15.2.